The summed E-state index contributed by atoms with van der Waals surface area (Å²) in [5.74, 6) is 0. The van der Waals surface area contributed by atoms with Gasteiger partial charge in [0.25, 0.3) is 0 Å². The highest BCUT2D eigenvalue weighted by Crippen LogP contribution is 2.45. The zero-order valence-electron chi connectivity index (χ0n) is 25.2. The lowest BCUT2D eigenvalue weighted by Gasteiger charge is -2.27. The van der Waals surface area contributed by atoms with Crippen molar-refractivity contribution in [3.63, 3.8) is 0 Å². The number of furan rings is 1. The molecule has 0 radical (unpaired) electrons. The Morgan fingerprint density at radius 2 is 1.30 bits per heavy atom. The van der Waals surface area contributed by atoms with Gasteiger partial charge >= 0.3 is 0 Å². The Labute approximate surface area is 267 Å². The Kier molecular flexibility index (Phi) is 6.20. The molecule has 0 bridgehead atoms. The molecule has 2 heterocycles. The molecule has 0 atom stereocenters. The van der Waals surface area contributed by atoms with Gasteiger partial charge in [-0.1, -0.05) is 109 Å². The van der Waals surface area contributed by atoms with E-state index in [1.165, 1.54) is 32.7 Å². The molecule has 0 unspecified atom stereocenters. The fraction of sp³-hybridized carbons (Fsp3) is 0.0233. The maximum absolute atomic E-state index is 6.82. The lowest BCUT2D eigenvalue weighted by Crippen LogP contribution is -2.10. The van der Waals surface area contributed by atoms with Crippen LogP contribution in [-0.4, -0.2) is 6.54 Å². The molecule has 0 fully saturated rings. The van der Waals surface area contributed by atoms with Gasteiger partial charge in [-0.05, 0) is 87.6 Å². The summed E-state index contributed by atoms with van der Waals surface area (Å²) in [5.41, 5.74) is 9.73. The summed E-state index contributed by atoms with van der Waals surface area (Å²) >= 11 is 0. The zero-order chi connectivity index (χ0) is 30.5. The van der Waals surface area contributed by atoms with Crippen molar-refractivity contribution >= 4 is 66.1 Å². The molecule has 218 valence electrons. The number of nitrogens with zero attached hydrogens (tertiary/aromatic N) is 1. The number of dihydropyridines is 1. The first kappa shape index (κ1) is 26.4. The van der Waals surface area contributed by atoms with Crippen LogP contribution in [0, 0.1) is 0 Å². The van der Waals surface area contributed by atoms with Gasteiger partial charge in [0.2, 0.25) is 0 Å². The van der Waals surface area contributed by atoms with E-state index in [9.17, 15) is 0 Å². The Morgan fingerprint density at radius 3 is 2.17 bits per heavy atom. The van der Waals surface area contributed by atoms with E-state index in [2.05, 4.69) is 168 Å². The van der Waals surface area contributed by atoms with Crippen LogP contribution in [0.1, 0.15) is 5.56 Å². The number of allylic oxidation sites excluding steroid dienone is 2. The molecule has 3 heteroatoms. The highest BCUT2D eigenvalue weighted by atomic mass is 16.3. The van der Waals surface area contributed by atoms with Gasteiger partial charge in [-0.25, -0.2) is 0 Å². The van der Waals surface area contributed by atoms with Crippen LogP contribution in [0.5, 0.6) is 0 Å². The first-order chi connectivity index (χ1) is 22.8. The third kappa shape index (κ3) is 4.28. The number of anilines is 3. The van der Waals surface area contributed by atoms with Gasteiger partial charge in [-0.3, -0.25) is 0 Å². The molecule has 1 aliphatic heterocycles. The Morgan fingerprint density at radius 1 is 0.565 bits per heavy atom. The van der Waals surface area contributed by atoms with Crippen LogP contribution >= 0.6 is 0 Å². The minimum Gasteiger partial charge on any atom is -0.455 e. The number of fused-ring (bicyclic) bond motifs is 6. The molecular formula is C43H30N2O. The molecule has 1 N–H and O–H groups in total. The summed E-state index contributed by atoms with van der Waals surface area (Å²) in [6.07, 6.45) is 6.42. The Hall–Kier alpha value is -6.06. The molecule has 8 aromatic rings. The second-order valence-corrected chi connectivity index (χ2v) is 11.8. The van der Waals surface area contributed by atoms with Crippen molar-refractivity contribution in [2.24, 2.45) is 0 Å². The second kappa shape index (κ2) is 10.8. The summed E-state index contributed by atoms with van der Waals surface area (Å²) in [5, 5.41) is 10.4. The standard InChI is InChI=1S/C43H30N2O/c1-2-15-33(16-3-1)45(39-21-9-13-29-11-4-6-18-35(29)39)34-17-8-14-31(27-34)38-28-32-12-5-7-19-37(32)42-41-36(30-23-25-44-26-24-30)20-10-22-40(41)46-43(38)42/h1-25,27-28,44H,26H2. The van der Waals surface area contributed by atoms with E-state index in [0.29, 0.717) is 0 Å². The summed E-state index contributed by atoms with van der Waals surface area (Å²) in [7, 11) is 0. The van der Waals surface area contributed by atoms with Crippen molar-refractivity contribution in [1.82, 2.24) is 5.32 Å². The minimum atomic E-state index is 0.811. The van der Waals surface area contributed by atoms with Gasteiger partial charge < -0.3 is 14.6 Å². The molecule has 3 nitrogen and oxygen atoms in total. The molecule has 0 spiro atoms. The minimum absolute atomic E-state index is 0.811. The first-order valence-corrected chi connectivity index (χ1v) is 15.7. The van der Waals surface area contributed by atoms with Gasteiger partial charge in [0.1, 0.15) is 11.2 Å². The van der Waals surface area contributed by atoms with E-state index in [4.69, 9.17) is 4.42 Å². The molecule has 0 saturated carbocycles. The molecule has 46 heavy (non-hydrogen) atoms. The number of hydrogen-bond acceptors (Lipinski definition) is 3. The van der Waals surface area contributed by atoms with Crippen LogP contribution < -0.4 is 10.2 Å². The predicted octanol–water partition coefficient (Wildman–Crippen LogP) is 11.5. The van der Waals surface area contributed by atoms with Crippen molar-refractivity contribution in [1.29, 1.82) is 0 Å². The normalized spacial score (nSPS) is 12.9. The van der Waals surface area contributed by atoms with E-state index in [1.807, 2.05) is 6.20 Å². The average Bonchev–Trinajstić information content (AvgIpc) is 3.53. The maximum atomic E-state index is 6.82. The number of nitrogens with one attached hydrogen (secondary N) is 1. The molecule has 1 aliphatic rings. The lowest BCUT2D eigenvalue weighted by atomic mass is 9.92. The van der Waals surface area contributed by atoms with Gasteiger partial charge in [-0.15, -0.1) is 0 Å². The smallest absolute Gasteiger partial charge is 0.143 e. The monoisotopic (exact) mass is 590 g/mol. The average molecular weight is 591 g/mol. The second-order valence-electron chi connectivity index (χ2n) is 11.8. The quantitative estimate of drug-likeness (QED) is 0.216. The van der Waals surface area contributed by atoms with Crippen LogP contribution in [0.4, 0.5) is 17.1 Å². The summed E-state index contributed by atoms with van der Waals surface area (Å²) < 4.78 is 6.82. The van der Waals surface area contributed by atoms with E-state index in [-0.39, 0.29) is 0 Å². The third-order valence-corrected chi connectivity index (χ3v) is 9.06. The number of rotatable bonds is 5. The van der Waals surface area contributed by atoms with Crippen LogP contribution in [0.25, 0.3) is 60.2 Å². The van der Waals surface area contributed by atoms with Crippen molar-refractivity contribution < 1.29 is 4.42 Å². The van der Waals surface area contributed by atoms with Crippen LogP contribution in [0.15, 0.2) is 168 Å². The zero-order valence-corrected chi connectivity index (χ0v) is 25.2. The summed E-state index contributed by atoms with van der Waals surface area (Å²) in [6.45, 7) is 0.811. The fourth-order valence-electron chi connectivity index (χ4n) is 7.00. The molecule has 7 aromatic carbocycles. The molecule has 0 aliphatic carbocycles. The molecule has 9 rings (SSSR count). The molecule has 0 amide bonds. The van der Waals surface area contributed by atoms with Gasteiger partial charge in [0.05, 0.1) is 5.69 Å². The Bertz CT molecular complexity index is 2480. The predicted molar refractivity (Wildman–Crippen MR) is 194 cm³/mol. The molecule has 0 saturated heterocycles. The topological polar surface area (TPSA) is 28.4 Å². The van der Waals surface area contributed by atoms with Gasteiger partial charge in [-0.2, -0.15) is 0 Å². The first-order valence-electron chi connectivity index (χ1n) is 15.7. The van der Waals surface area contributed by atoms with Crippen molar-refractivity contribution in [3.8, 4) is 11.1 Å². The van der Waals surface area contributed by atoms with Crippen molar-refractivity contribution in [2.45, 2.75) is 0 Å². The highest BCUT2D eigenvalue weighted by molar-refractivity contribution is 6.25. The van der Waals surface area contributed by atoms with E-state index >= 15 is 0 Å². The van der Waals surface area contributed by atoms with Crippen molar-refractivity contribution in [2.75, 3.05) is 11.4 Å². The van der Waals surface area contributed by atoms with Gasteiger partial charge in [0.15, 0.2) is 0 Å². The highest BCUT2D eigenvalue weighted by Gasteiger charge is 2.21. The van der Waals surface area contributed by atoms with Crippen LogP contribution in [0.2, 0.25) is 0 Å². The van der Waals surface area contributed by atoms with Crippen molar-refractivity contribution in [3.05, 3.63) is 170 Å². The lowest BCUT2D eigenvalue weighted by molar-refractivity contribution is 0.670. The maximum Gasteiger partial charge on any atom is 0.143 e. The summed E-state index contributed by atoms with van der Waals surface area (Å²) in [4.78, 5) is 2.36. The molecule has 1 aromatic heterocycles. The van der Waals surface area contributed by atoms with E-state index in [0.717, 1.165) is 56.7 Å². The number of benzene rings is 7. The summed E-state index contributed by atoms with van der Waals surface area (Å²) in [6, 6.07) is 51.9. The third-order valence-electron chi connectivity index (χ3n) is 9.06. The number of hydrogen-bond donors (Lipinski definition) is 1. The van der Waals surface area contributed by atoms with Crippen LogP contribution in [-0.2, 0) is 0 Å². The van der Waals surface area contributed by atoms with E-state index in [1.54, 1.807) is 0 Å². The fourth-order valence-corrected chi connectivity index (χ4v) is 7.00. The van der Waals surface area contributed by atoms with E-state index < -0.39 is 0 Å². The SMILES string of the molecule is C1=CC(c2cccc3oc4c(-c5cccc(N(c6ccccc6)c6cccc7ccccc67)c5)cc5ccccc5c4c23)=CCN1. The molecular weight excluding hydrogens is 560 g/mol. The van der Waals surface area contributed by atoms with Crippen LogP contribution in [0.3, 0.4) is 0 Å². The number of para-hydroxylation sites is 1. The van der Waals surface area contributed by atoms with Gasteiger partial charge in [0, 0.05) is 39.6 Å². The largest absolute Gasteiger partial charge is 0.455 e. The Balaban J connectivity index is 1.30.